The van der Waals surface area contributed by atoms with Crippen molar-refractivity contribution < 1.29 is 24.2 Å². The van der Waals surface area contributed by atoms with Crippen LogP contribution in [-0.4, -0.2) is 41.4 Å². The van der Waals surface area contributed by atoms with Crippen molar-refractivity contribution in [3.8, 4) is 23.5 Å². The molecule has 1 aliphatic rings. The summed E-state index contributed by atoms with van der Waals surface area (Å²) in [5.41, 5.74) is 0.0753. The summed E-state index contributed by atoms with van der Waals surface area (Å²) in [5.74, 6) is 5.85. The summed E-state index contributed by atoms with van der Waals surface area (Å²) < 4.78 is 11.8. The number of amides is 3. The third-order valence-corrected chi connectivity index (χ3v) is 5.08. The Morgan fingerprint density at radius 3 is 2.71 bits per heavy atom. The van der Waals surface area contributed by atoms with Gasteiger partial charge in [-0.05, 0) is 35.9 Å². The van der Waals surface area contributed by atoms with Gasteiger partial charge in [0.1, 0.15) is 5.75 Å². The van der Waals surface area contributed by atoms with Crippen LogP contribution >= 0.6 is 0 Å². The fourth-order valence-corrected chi connectivity index (χ4v) is 3.54. The number of benzene rings is 2. The zero-order valence-corrected chi connectivity index (χ0v) is 17.1. The number of urea groups is 1. The van der Waals surface area contributed by atoms with E-state index < -0.39 is 17.5 Å². The summed E-state index contributed by atoms with van der Waals surface area (Å²) in [6.45, 7) is 0.364. The average molecular weight is 419 g/mol. The van der Waals surface area contributed by atoms with Crippen LogP contribution in [0.25, 0.3) is 10.8 Å². The Labute approximate surface area is 178 Å². The Morgan fingerprint density at radius 1 is 1.16 bits per heavy atom. The highest BCUT2D eigenvalue weighted by Crippen LogP contribution is 2.32. The van der Waals surface area contributed by atoms with Gasteiger partial charge in [-0.25, -0.2) is 4.79 Å². The first-order valence-corrected chi connectivity index (χ1v) is 9.54. The number of hydrogen-bond acceptors (Lipinski definition) is 5. The summed E-state index contributed by atoms with van der Waals surface area (Å²) in [7, 11) is 3.15. The normalized spacial score (nSPS) is 17.7. The van der Waals surface area contributed by atoms with Gasteiger partial charge in [0.2, 0.25) is 5.54 Å². The minimum atomic E-state index is -1.54. The highest BCUT2D eigenvalue weighted by molar-refractivity contribution is 6.09. The predicted molar refractivity (Wildman–Crippen MR) is 114 cm³/mol. The Hall–Kier alpha value is -3.96. The number of hydrogen-bond donors (Lipinski definition) is 3. The van der Waals surface area contributed by atoms with Crippen molar-refractivity contribution in [2.75, 3.05) is 14.2 Å². The van der Waals surface area contributed by atoms with E-state index in [9.17, 15) is 14.7 Å². The molecule has 1 saturated heterocycles. The molecule has 1 aliphatic heterocycles. The monoisotopic (exact) mass is 419 g/mol. The van der Waals surface area contributed by atoms with Crippen LogP contribution in [0.4, 0.5) is 4.79 Å². The zero-order chi connectivity index (χ0) is 22.0. The van der Waals surface area contributed by atoms with E-state index in [4.69, 9.17) is 9.47 Å². The van der Waals surface area contributed by atoms with E-state index >= 15 is 0 Å². The Kier molecular flexibility index (Phi) is 5.28. The van der Waals surface area contributed by atoms with Gasteiger partial charge in [0.05, 0.1) is 20.3 Å². The van der Waals surface area contributed by atoms with Crippen LogP contribution in [0, 0.1) is 11.8 Å². The largest absolute Gasteiger partial charge is 0.497 e. The summed E-state index contributed by atoms with van der Waals surface area (Å²) in [6.07, 6.45) is 1.70. The van der Waals surface area contributed by atoms with E-state index in [-0.39, 0.29) is 12.4 Å². The molecule has 31 heavy (non-hydrogen) atoms. The van der Waals surface area contributed by atoms with E-state index in [0.717, 1.165) is 10.9 Å². The van der Waals surface area contributed by atoms with Gasteiger partial charge in [-0.2, -0.15) is 0 Å². The molecule has 0 radical (unpaired) electrons. The first-order chi connectivity index (χ1) is 14.9. The quantitative estimate of drug-likeness (QED) is 0.434. The third-order valence-electron chi connectivity index (χ3n) is 5.08. The van der Waals surface area contributed by atoms with Gasteiger partial charge in [-0.15, -0.1) is 0 Å². The number of carbonyl (C=O) groups excluding carboxylic acids is 2. The predicted octanol–water partition coefficient (Wildman–Crippen LogP) is 2.13. The SMILES string of the molecule is COCc1cccc(C#C[C@]2(Cn3cc4ccc(OC)cc4c3O)NC(=O)NC2=O)c1. The molecule has 158 valence electrons. The second-order valence-corrected chi connectivity index (χ2v) is 7.23. The van der Waals surface area contributed by atoms with Crippen LogP contribution in [-0.2, 0) is 22.7 Å². The van der Waals surface area contributed by atoms with Crippen LogP contribution in [0.15, 0.2) is 48.7 Å². The fourth-order valence-electron chi connectivity index (χ4n) is 3.54. The fraction of sp³-hybridized carbons (Fsp3) is 0.217. The molecule has 3 amide bonds. The second kappa shape index (κ2) is 8.05. The van der Waals surface area contributed by atoms with Gasteiger partial charge in [-0.3, -0.25) is 10.1 Å². The lowest BCUT2D eigenvalue weighted by atomic mass is 9.99. The Morgan fingerprint density at radius 2 is 2.00 bits per heavy atom. The lowest BCUT2D eigenvalue weighted by Gasteiger charge is -2.20. The minimum Gasteiger partial charge on any atom is -0.497 e. The van der Waals surface area contributed by atoms with Gasteiger partial charge in [0.15, 0.2) is 5.88 Å². The Bertz CT molecular complexity index is 1240. The molecule has 2 aromatic carbocycles. The molecule has 1 aromatic heterocycles. The van der Waals surface area contributed by atoms with Crippen LogP contribution in [0.5, 0.6) is 11.6 Å². The smallest absolute Gasteiger partial charge is 0.323 e. The second-order valence-electron chi connectivity index (χ2n) is 7.23. The Balaban J connectivity index is 1.73. The molecule has 8 nitrogen and oxygen atoms in total. The minimum absolute atomic E-state index is 0.0499. The van der Waals surface area contributed by atoms with Crippen molar-refractivity contribution in [1.82, 2.24) is 15.2 Å². The van der Waals surface area contributed by atoms with Crippen molar-refractivity contribution in [2.24, 2.45) is 0 Å². The highest BCUT2D eigenvalue weighted by atomic mass is 16.5. The molecule has 8 heteroatoms. The summed E-state index contributed by atoms with van der Waals surface area (Å²) in [4.78, 5) is 24.6. The maximum Gasteiger partial charge on any atom is 0.323 e. The van der Waals surface area contributed by atoms with Gasteiger partial charge >= 0.3 is 6.03 Å². The molecular formula is C23H21N3O5. The number of carbonyl (C=O) groups is 2. The summed E-state index contributed by atoms with van der Waals surface area (Å²) in [5, 5.41) is 16.9. The molecule has 0 aliphatic carbocycles. The number of ether oxygens (including phenoxy) is 2. The highest BCUT2D eigenvalue weighted by Gasteiger charge is 2.46. The number of rotatable bonds is 5. The van der Waals surface area contributed by atoms with E-state index in [1.54, 1.807) is 38.6 Å². The lowest BCUT2D eigenvalue weighted by Crippen LogP contribution is -2.49. The van der Waals surface area contributed by atoms with E-state index in [1.165, 1.54) is 4.57 Å². The molecule has 1 fully saturated rings. The molecule has 3 N–H and O–H groups in total. The van der Waals surface area contributed by atoms with E-state index in [1.807, 2.05) is 24.3 Å². The lowest BCUT2D eigenvalue weighted by molar-refractivity contribution is -0.122. The maximum atomic E-state index is 12.7. The van der Waals surface area contributed by atoms with Crippen molar-refractivity contribution in [3.05, 3.63) is 59.8 Å². The van der Waals surface area contributed by atoms with Gasteiger partial charge in [0.25, 0.3) is 5.91 Å². The molecule has 0 saturated carbocycles. The molecule has 0 unspecified atom stereocenters. The molecule has 3 aromatic rings. The first kappa shape index (κ1) is 20.3. The van der Waals surface area contributed by atoms with Crippen molar-refractivity contribution in [2.45, 2.75) is 18.7 Å². The van der Waals surface area contributed by atoms with Crippen LogP contribution in [0.3, 0.4) is 0 Å². The number of aromatic hydroxyl groups is 1. The third kappa shape index (κ3) is 3.91. The van der Waals surface area contributed by atoms with Crippen LogP contribution in [0.2, 0.25) is 0 Å². The molecule has 4 rings (SSSR count). The zero-order valence-electron chi connectivity index (χ0n) is 17.1. The van der Waals surface area contributed by atoms with Crippen molar-refractivity contribution in [3.63, 3.8) is 0 Å². The first-order valence-electron chi connectivity index (χ1n) is 9.54. The topological polar surface area (TPSA) is 102 Å². The summed E-state index contributed by atoms with van der Waals surface area (Å²) in [6, 6.07) is 12.1. The van der Waals surface area contributed by atoms with E-state index in [2.05, 4.69) is 22.5 Å². The number of fused-ring (bicyclic) bond motifs is 1. The van der Waals surface area contributed by atoms with Gasteiger partial charge in [0, 0.05) is 29.6 Å². The van der Waals surface area contributed by atoms with E-state index in [0.29, 0.717) is 23.3 Å². The van der Waals surface area contributed by atoms with Gasteiger partial charge in [-0.1, -0.05) is 24.0 Å². The van der Waals surface area contributed by atoms with Gasteiger partial charge < -0.3 is 24.5 Å². The summed E-state index contributed by atoms with van der Waals surface area (Å²) >= 11 is 0. The molecule has 2 heterocycles. The van der Waals surface area contributed by atoms with Crippen molar-refractivity contribution >= 4 is 22.7 Å². The standard InChI is InChI=1S/C23H21N3O5/c1-30-13-16-5-3-4-15(10-16)8-9-23(21(28)24-22(29)25-23)14-26-12-17-6-7-18(31-2)11-19(17)20(26)27/h3-7,10-12,27H,13-14H2,1-2H3,(H2,24,25,28,29)/t23-/m1/s1. The van der Waals surface area contributed by atoms with Crippen LogP contribution in [0.1, 0.15) is 11.1 Å². The molecule has 0 spiro atoms. The molecular weight excluding hydrogens is 398 g/mol. The number of methoxy groups -OCH3 is 2. The average Bonchev–Trinajstić information content (AvgIpc) is 3.22. The maximum absolute atomic E-state index is 12.7. The number of imide groups is 1. The number of nitrogens with one attached hydrogen (secondary N) is 2. The van der Waals surface area contributed by atoms with Crippen molar-refractivity contribution in [1.29, 1.82) is 0 Å². The van der Waals surface area contributed by atoms with Crippen LogP contribution < -0.4 is 15.4 Å². The molecule has 0 bridgehead atoms. The number of aromatic nitrogens is 1. The molecule has 1 atom stereocenters. The number of nitrogens with zero attached hydrogens (tertiary/aromatic N) is 1.